The van der Waals surface area contributed by atoms with E-state index < -0.39 is 11.2 Å². The number of ether oxygens (including phenoxy) is 2. The molecule has 0 N–H and O–H groups in total. The van der Waals surface area contributed by atoms with Gasteiger partial charge in [0.15, 0.2) is 6.10 Å². The van der Waals surface area contributed by atoms with Crippen molar-refractivity contribution < 1.29 is 19.4 Å². The molecule has 1 aromatic carbocycles. The summed E-state index contributed by atoms with van der Waals surface area (Å²) >= 11 is 1.91. The molecule has 28 heavy (non-hydrogen) atoms. The van der Waals surface area contributed by atoms with E-state index in [1.54, 1.807) is 0 Å². The van der Waals surface area contributed by atoms with Crippen LogP contribution in [0.25, 0.3) is 0 Å². The van der Waals surface area contributed by atoms with Gasteiger partial charge in [-0.2, -0.15) is 0 Å². The van der Waals surface area contributed by atoms with Crippen LogP contribution in [0.15, 0.2) is 35.2 Å². The van der Waals surface area contributed by atoms with Crippen LogP contribution in [0.5, 0.6) is 0 Å². The van der Waals surface area contributed by atoms with Crippen molar-refractivity contribution in [3.8, 4) is 0 Å². The maximum atomic E-state index is 10.6. The fourth-order valence-corrected chi connectivity index (χ4v) is 5.13. The second-order valence-corrected chi connectivity index (χ2v) is 8.59. The summed E-state index contributed by atoms with van der Waals surface area (Å²) in [6.45, 7) is 5.94. The highest BCUT2D eigenvalue weighted by atomic mass is 32.2. The Morgan fingerprint density at radius 2 is 1.86 bits per heavy atom. The molecule has 4 rings (SSSR count). The van der Waals surface area contributed by atoms with Crippen LogP contribution >= 0.6 is 11.8 Å². The predicted octanol–water partition coefficient (Wildman–Crippen LogP) is 1.53. The van der Waals surface area contributed by atoms with E-state index in [9.17, 15) is 10.1 Å². The fraction of sp³-hybridized carbons (Fsp3) is 0.684. The molecule has 0 aromatic heterocycles. The van der Waals surface area contributed by atoms with Gasteiger partial charge in [0.05, 0.1) is 19.3 Å². The molecule has 9 heteroatoms. The lowest BCUT2D eigenvalue weighted by Crippen LogP contribution is -2.54. The van der Waals surface area contributed by atoms with Crippen molar-refractivity contribution in [1.82, 2.24) is 9.80 Å². The Morgan fingerprint density at radius 3 is 2.61 bits per heavy atom. The molecule has 0 spiro atoms. The summed E-state index contributed by atoms with van der Waals surface area (Å²) in [5.41, 5.74) is 0. The Hall–Kier alpha value is -1.39. The minimum Gasteiger partial charge on any atom is -0.371 e. The van der Waals surface area contributed by atoms with E-state index in [4.69, 9.17) is 14.3 Å². The molecule has 3 aliphatic heterocycles. The summed E-state index contributed by atoms with van der Waals surface area (Å²) in [5, 5.41) is 9.86. The smallest absolute Gasteiger partial charge is 0.294 e. The second kappa shape index (κ2) is 9.41. The molecule has 0 radical (unpaired) electrons. The molecule has 3 aliphatic rings. The van der Waals surface area contributed by atoms with Gasteiger partial charge in [-0.25, -0.2) is 0 Å². The molecule has 3 heterocycles. The van der Waals surface area contributed by atoms with Gasteiger partial charge in [0.1, 0.15) is 12.2 Å². The quantitative estimate of drug-likeness (QED) is 0.277. The number of nitrogens with zero attached hydrogens (tertiary/aromatic N) is 3. The number of fused-ring (bicyclic) bond motifs is 1. The van der Waals surface area contributed by atoms with Crippen LogP contribution < -0.4 is 0 Å². The van der Waals surface area contributed by atoms with Crippen LogP contribution in [0.1, 0.15) is 6.42 Å². The molecular weight excluding hydrogens is 382 g/mol. The molecule has 0 saturated carbocycles. The summed E-state index contributed by atoms with van der Waals surface area (Å²) in [5.74, 6) is 1.14. The Bertz CT molecular complexity index is 644. The maximum Gasteiger partial charge on any atom is 0.294 e. The third-order valence-electron chi connectivity index (χ3n) is 5.71. The van der Waals surface area contributed by atoms with Gasteiger partial charge in [-0.3, -0.25) is 4.90 Å². The topological polar surface area (TPSA) is 77.3 Å². The Morgan fingerprint density at radius 1 is 1.11 bits per heavy atom. The van der Waals surface area contributed by atoms with E-state index in [0.717, 1.165) is 38.5 Å². The molecule has 0 unspecified atom stereocenters. The van der Waals surface area contributed by atoms with Crippen LogP contribution in [0.3, 0.4) is 0 Å². The first-order valence-electron chi connectivity index (χ1n) is 9.89. The number of rotatable bonds is 8. The maximum absolute atomic E-state index is 10.6. The molecule has 0 amide bonds. The molecule has 0 bridgehead atoms. The first-order valence-corrected chi connectivity index (χ1v) is 10.9. The Labute approximate surface area is 169 Å². The van der Waals surface area contributed by atoms with Gasteiger partial charge in [-0.15, -0.1) is 21.9 Å². The van der Waals surface area contributed by atoms with Crippen molar-refractivity contribution in [2.75, 3.05) is 51.7 Å². The fourth-order valence-electron chi connectivity index (χ4n) is 4.27. The highest BCUT2D eigenvalue weighted by Crippen LogP contribution is 2.32. The van der Waals surface area contributed by atoms with Gasteiger partial charge in [-0.05, 0) is 30.9 Å². The molecule has 3 saturated heterocycles. The van der Waals surface area contributed by atoms with E-state index in [-0.39, 0.29) is 24.9 Å². The lowest BCUT2D eigenvalue weighted by Gasteiger charge is -2.38. The minimum absolute atomic E-state index is 0.126. The Kier molecular flexibility index (Phi) is 6.69. The normalized spacial score (nSPS) is 31.0. The standard InChI is InChI=1S/C19H27N3O5S/c23-22(24)27-17-14-26-18-16(13-25-19(17)18)21-10-8-20(9-11-21)7-4-12-28-15-5-2-1-3-6-15/h1-3,5-6,16-19H,4,7-14H2/t16-,17+,18+,19+/m0/s1. The van der Waals surface area contributed by atoms with Crippen molar-refractivity contribution >= 4 is 11.8 Å². The highest BCUT2D eigenvalue weighted by Gasteiger charge is 2.51. The number of hydrogen-bond acceptors (Lipinski definition) is 8. The molecule has 154 valence electrons. The van der Waals surface area contributed by atoms with Gasteiger partial charge < -0.3 is 19.2 Å². The van der Waals surface area contributed by atoms with E-state index in [1.165, 1.54) is 11.3 Å². The van der Waals surface area contributed by atoms with E-state index in [0.29, 0.717) is 6.61 Å². The molecule has 1 aromatic rings. The lowest BCUT2D eigenvalue weighted by atomic mass is 10.1. The van der Waals surface area contributed by atoms with Gasteiger partial charge in [0.2, 0.25) is 0 Å². The van der Waals surface area contributed by atoms with E-state index in [2.05, 4.69) is 34.1 Å². The van der Waals surface area contributed by atoms with Crippen molar-refractivity contribution in [2.24, 2.45) is 0 Å². The summed E-state index contributed by atoms with van der Waals surface area (Å²) in [6.07, 6.45) is 0.121. The minimum atomic E-state index is -0.748. The summed E-state index contributed by atoms with van der Waals surface area (Å²) in [4.78, 5) is 21.6. The molecule has 4 atom stereocenters. The second-order valence-electron chi connectivity index (χ2n) is 7.42. The monoisotopic (exact) mass is 409 g/mol. The van der Waals surface area contributed by atoms with Crippen molar-refractivity contribution in [3.63, 3.8) is 0 Å². The third-order valence-corrected chi connectivity index (χ3v) is 6.81. The SMILES string of the molecule is O=[N+]([O-])O[C@@H]1CO[C@H]2[C@@H]1OC[C@@H]2N1CCN(CCCSc2ccccc2)CC1. The van der Waals surface area contributed by atoms with Crippen LogP contribution in [-0.4, -0.2) is 90.9 Å². The third kappa shape index (κ3) is 4.77. The molecular formula is C19H27N3O5S. The zero-order chi connectivity index (χ0) is 19.3. The summed E-state index contributed by atoms with van der Waals surface area (Å²) in [7, 11) is 0. The van der Waals surface area contributed by atoms with Gasteiger partial charge in [-0.1, -0.05) is 18.2 Å². The average Bonchev–Trinajstić information content (AvgIpc) is 3.29. The molecule has 0 aliphatic carbocycles. The van der Waals surface area contributed by atoms with Gasteiger partial charge >= 0.3 is 0 Å². The average molecular weight is 410 g/mol. The van der Waals surface area contributed by atoms with Crippen molar-refractivity contribution in [3.05, 3.63) is 40.4 Å². The van der Waals surface area contributed by atoms with Crippen LogP contribution in [0.4, 0.5) is 0 Å². The number of benzene rings is 1. The summed E-state index contributed by atoms with van der Waals surface area (Å²) in [6, 6.07) is 10.7. The predicted molar refractivity (Wildman–Crippen MR) is 105 cm³/mol. The van der Waals surface area contributed by atoms with Crippen molar-refractivity contribution in [1.29, 1.82) is 0 Å². The summed E-state index contributed by atoms with van der Waals surface area (Å²) < 4.78 is 11.6. The zero-order valence-electron chi connectivity index (χ0n) is 15.9. The molecule has 8 nitrogen and oxygen atoms in total. The first kappa shape index (κ1) is 19.9. The number of hydrogen-bond donors (Lipinski definition) is 0. The van der Waals surface area contributed by atoms with E-state index >= 15 is 0 Å². The van der Waals surface area contributed by atoms with Crippen molar-refractivity contribution in [2.45, 2.75) is 35.7 Å². The molecule has 3 fully saturated rings. The van der Waals surface area contributed by atoms with Gasteiger partial charge in [0, 0.05) is 31.1 Å². The largest absolute Gasteiger partial charge is 0.371 e. The van der Waals surface area contributed by atoms with Crippen LogP contribution in [0.2, 0.25) is 0 Å². The van der Waals surface area contributed by atoms with Crippen LogP contribution in [-0.2, 0) is 14.3 Å². The highest BCUT2D eigenvalue weighted by molar-refractivity contribution is 7.99. The van der Waals surface area contributed by atoms with Gasteiger partial charge in [0.25, 0.3) is 5.09 Å². The Balaban J connectivity index is 1.16. The van der Waals surface area contributed by atoms with Crippen LogP contribution in [0, 0.1) is 10.1 Å². The first-order chi connectivity index (χ1) is 13.7. The van der Waals surface area contributed by atoms with E-state index in [1.807, 2.05) is 17.8 Å². The zero-order valence-corrected chi connectivity index (χ0v) is 16.7. The number of thioether (sulfide) groups is 1. The number of piperazine rings is 1. The lowest BCUT2D eigenvalue weighted by molar-refractivity contribution is -0.769.